The average Bonchev–Trinajstić information content (AvgIpc) is 2.75. The van der Waals surface area contributed by atoms with Crippen molar-refractivity contribution in [2.24, 2.45) is 0 Å². The van der Waals surface area contributed by atoms with Crippen LogP contribution in [0.5, 0.6) is 0 Å². The smallest absolute Gasteiger partial charge is 0.335 e. The first-order chi connectivity index (χ1) is 9.08. The fourth-order valence-corrected chi connectivity index (χ4v) is 2.22. The van der Waals surface area contributed by atoms with E-state index in [9.17, 15) is 9.59 Å². The zero-order valence-corrected chi connectivity index (χ0v) is 10.7. The highest BCUT2D eigenvalue weighted by atomic mass is 35.5. The van der Waals surface area contributed by atoms with E-state index in [1.54, 1.807) is 37.3 Å². The highest BCUT2D eigenvalue weighted by Crippen LogP contribution is 2.18. The summed E-state index contributed by atoms with van der Waals surface area (Å²) in [6.07, 6.45) is 0. The molecule has 0 aliphatic carbocycles. The summed E-state index contributed by atoms with van der Waals surface area (Å²) in [7, 11) is 0. The molecule has 0 amide bonds. The monoisotopic (exact) mass is 276 g/mol. The number of aromatic nitrogens is 2. The molecule has 3 aromatic rings. The molecule has 0 saturated carbocycles. The molecule has 19 heavy (non-hydrogen) atoms. The Balaban J connectivity index is 2.47. The van der Waals surface area contributed by atoms with Crippen molar-refractivity contribution < 1.29 is 4.42 Å². The van der Waals surface area contributed by atoms with Crippen LogP contribution in [0.15, 0.2) is 44.3 Å². The minimum atomic E-state index is -0.561. The van der Waals surface area contributed by atoms with E-state index in [0.717, 1.165) is 4.57 Å². The van der Waals surface area contributed by atoms with Gasteiger partial charge in [0.05, 0.1) is 15.9 Å². The second kappa shape index (κ2) is 4.13. The molecule has 0 atom stereocenters. The van der Waals surface area contributed by atoms with Crippen LogP contribution >= 0.6 is 11.6 Å². The summed E-state index contributed by atoms with van der Waals surface area (Å²) < 4.78 is 6.25. The third-order valence-corrected chi connectivity index (χ3v) is 3.14. The number of rotatable bonds is 1. The third-order valence-electron chi connectivity index (χ3n) is 2.82. The number of nitrogens with one attached hydrogen (secondary N) is 1. The van der Waals surface area contributed by atoms with Gasteiger partial charge in [-0.1, -0.05) is 17.7 Å². The summed E-state index contributed by atoms with van der Waals surface area (Å²) in [6.45, 7) is 1.73. The Morgan fingerprint density at radius 1 is 1.21 bits per heavy atom. The van der Waals surface area contributed by atoms with Crippen molar-refractivity contribution in [2.75, 3.05) is 0 Å². The molecule has 1 N–H and O–H groups in total. The van der Waals surface area contributed by atoms with Crippen molar-refractivity contribution in [3.8, 4) is 5.88 Å². The summed E-state index contributed by atoms with van der Waals surface area (Å²) in [6, 6.07) is 8.14. The Morgan fingerprint density at radius 2 is 2.00 bits per heavy atom. The van der Waals surface area contributed by atoms with Crippen LogP contribution in [-0.4, -0.2) is 9.55 Å². The molecule has 0 saturated heterocycles. The molecular weight excluding hydrogens is 268 g/mol. The Labute approximate surface area is 112 Å². The molecule has 5 nitrogen and oxygen atoms in total. The van der Waals surface area contributed by atoms with Gasteiger partial charge in [-0.25, -0.2) is 4.79 Å². The number of fused-ring (bicyclic) bond motifs is 1. The lowest BCUT2D eigenvalue weighted by Crippen LogP contribution is -2.33. The lowest BCUT2D eigenvalue weighted by Gasteiger charge is -2.04. The Hall–Kier alpha value is -2.27. The number of nitrogens with zero attached hydrogens (tertiary/aromatic N) is 1. The number of benzene rings is 1. The second-order valence-electron chi connectivity index (χ2n) is 4.12. The second-order valence-corrected chi connectivity index (χ2v) is 4.52. The molecule has 0 spiro atoms. The van der Waals surface area contributed by atoms with E-state index in [1.165, 1.54) is 0 Å². The van der Waals surface area contributed by atoms with Gasteiger partial charge in [0, 0.05) is 6.07 Å². The largest absolute Gasteiger partial charge is 0.445 e. The quantitative estimate of drug-likeness (QED) is 0.741. The van der Waals surface area contributed by atoms with Crippen LogP contribution in [-0.2, 0) is 0 Å². The standard InChI is InChI=1S/C13H9ClN2O3/c1-7-5-6-10(19-7)16-12(17)11-8(14)3-2-4-9(11)15-13(16)18/h2-6H,1H3,(H,15,18). The van der Waals surface area contributed by atoms with Crippen molar-refractivity contribution in [3.05, 3.63) is 62.0 Å². The van der Waals surface area contributed by atoms with Gasteiger partial charge in [0.25, 0.3) is 5.56 Å². The van der Waals surface area contributed by atoms with E-state index in [4.69, 9.17) is 16.0 Å². The van der Waals surface area contributed by atoms with Crippen LogP contribution in [0, 0.1) is 6.92 Å². The average molecular weight is 277 g/mol. The molecule has 0 unspecified atom stereocenters. The van der Waals surface area contributed by atoms with E-state index < -0.39 is 11.2 Å². The van der Waals surface area contributed by atoms with E-state index >= 15 is 0 Å². The van der Waals surface area contributed by atoms with Gasteiger partial charge in [-0.3, -0.25) is 4.79 Å². The summed E-state index contributed by atoms with van der Waals surface area (Å²) in [5.74, 6) is 0.783. The third kappa shape index (κ3) is 1.79. The number of hydrogen-bond donors (Lipinski definition) is 1. The van der Waals surface area contributed by atoms with Gasteiger partial charge in [0.2, 0.25) is 5.88 Å². The fourth-order valence-electron chi connectivity index (χ4n) is 1.96. The van der Waals surface area contributed by atoms with Crippen molar-refractivity contribution >= 4 is 22.5 Å². The molecule has 2 aromatic heterocycles. The van der Waals surface area contributed by atoms with Crippen LogP contribution in [0.2, 0.25) is 5.02 Å². The summed E-state index contributed by atoms with van der Waals surface area (Å²) in [5, 5.41) is 0.550. The number of H-pyrrole nitrogens is 1. The maximum Gasteiger partial charge on any atom is 0.335 e. The number of furan rings is 1. The molecular formula is C13H9ClN2O3. The molecule has 1 aromatic carbocycles. The number of aromatic amines is 1. The number of halogens is 1. The first-order valence-electron chi connectivity index (χ1n) is 5.58. The molecule has 0 aliphatic heterocycles. The molecule has 0 fully saturated rings. The topological polar surface area (TPSA) is 68.0 Å². The van der Waals surface area contributed by atoms with Gasteiger partial charge < -0.3 is 9.40 Å². The zero-order valence-electron chi connectivity index (χ0n) is 9.94. The number of hydrogen-bond acceptors (Lipinski definition) is 3. The van der Waals surface area contributed by atoms with E-state index in [0.29, 0.717) is 11.3 Å². The van der Waals surface area contributed by atoms with E-state index in [2.05, 4.69) is 4.98 Å². The predicted octanol–water partition coefficient (Wildman–Crippen LogP) is 2.23. The number of aryl methyl sites for hydroxylation is 1. The minimum Gasteiger partial charge on any atom is -0.445 e. The van der Waals surface area contributed by atoms with Crippen LogP contribution in [0.3, 0.4) is 0 Å². The molecule has 0 bridgehead atoms. The van der Waals surface area contributed by atoms with E-state index in [-0.39, 0.29) is 16.3 Å². The van der Waals surface area contributed by atoms with Gasteiger partial charge in [0.1, 0.15) is 5.76 Å². The lowest BCUT2D eigenvalue weighted by molar-refractivity contribution is 0.501. The molecule has 96 valence electrons. The molecule has 6 heteroatoms. The molecule has 0 radical (unpaired) electrons. The maximum absolute atomic E-state index is 12.4. The predicted molar refractivity (Wildman–Crippen MR) is 72.2 cm³/mol. The van der Waals surface area contributed by atoms with Gasteiger partial charge in [-0.05, 0) is 25.1 Å². The minimum absolute atomic E-state index is 0.172. The van der Waals surface area contributed by atoms with Gasteiger partial charge in [-0.15, -0.1) is 0 Å². The van der Waals surface area contributed by atoms with Crippen molar-refractivity contribution in [1.82, 2.24) is 9.55 Å². The first kappa shape index (κ1) is 11.8. The van der Waals surface area contributed by atoms with Gasteiger partial charge >= 0.3 is 5.69 Å². The highest BCUT2D eigenvalue weighted by Gasteiger charge is 2.13. The van der Waals surface area contributed by atoms with E-state index in [1.807, 2.05) is 0 Å². The fraction of sp³-hybridized carbons (Fsp3) is 0.0769. The Bertz CT molecular complexity index is 889. The lowest BCUT2D eigenvalue weighted by atomic mass is 10.2. The molecule has 3 rings (SSSR count). The van der Waals surface area contributed by atoms with Crippen LogP contribution in [0.1, 0.15) is 5.76 Å². The highest BCUT2D eigenvalue weighted by molar-refractivity contribution is 6.35. The van der Waals surface area contributed by atoms with Gasteiger partial charge in [-0.2, -0.15) is 4.57 Å². The zero-order chi connectivity index (χ0) is 13.6. The maximum atomic E-state index is 12.4. The summed E-state index contributed by atoms with van der Waals surface area (Å²) >= 11 is 6.01. The van der Waals surface area contributed by atoms with Crippen LogP contribution < -0.4 is 11.2 Å². The van der Waals surface area contributed by atoms with Crippen molar-refractivity contribution in [1.29, 1.82) is 0 Å². The van der Waals surface area contributed by atoms with Crippen molar-refractivity contribution in [3.63, 3.8) is 0 Å². The van der Waals surface area contributed by atoms with Crippen LogP contribution in [0.25, 0.3) is 16.8 Å². The van der Waals surface area contributed by atoms with Gasteiger partial charge in [0.15, 0.2) is 0 Å². The Morgan fingerprint density at radius 3 is 2.68 bits per heavy atom. The first-order valence-corrected chi connectivity index (χ1v) is 5.96. The summed E-state index contributed by atoms with van der Waals surface area (Å²) in [5.41, 5.74) is -0.658. The molecule has 0 aliphatic rings. The molecule has 2 heterocycles. The van der Waals surface area contributed by atoms with Crippen LogP contribution in [0.4, 0.5) is 0 Å². The summed E-state index contributed by atoms with van der Waals surface area (Å²) in [4.78, 5) is 27.0. The van der Waals surface area contributed by atoms with Crippen molar-refractivity contribution in [2.45, 2.75) is 6.92 Å². The normalized spacial score (nSPS) is 11.1. The SMILES string of the molecule is Cc1ccc(-n2c(=O)[nH]c3cccc(Cl)c3c2=O)o1. The Kier molecular flexibility index (Phi) is 2.57.